The molecule has 80 valence electrons. The van der Waals surface area contributed by atoms with Crippen molar-refractivity contribution in [1.29, 1.82) is 0 Å². The van der Waals surface area contributed by atoms with Gasteiger partial charge in [-0.25, -0.2) is 0 Å². The van der Waals surface area contributed by atoms with E-state index in [-0.39, 0.29) is 11.9 Å². The smallest absolute Gasteiger partial charge is 0.236 e. The van der Waals surface area contributed by atoms with Crippen LogP contribution in [0.25, 0.3) is 0 Å². The summed E-state index contributed by atoms with van der Waals surface area (Å²) in [5, 5.41) is 6.02. The fourth-order valence-corrected chi connectivity index (χ4v) is 2.07. The van der Waals surface area contributed by atoms with Crippen LogP contribution < -0.4 is 10.6 Å². The van der Waals surface area contributed by atoms with E-state index in [0.29, 0.717) is 6.04 Å². The van der Waals surface area contributed by atoms with Crippen molar-refractivity contribution in [2.45, 2.75) is 24.9 Å². The van der Waals surface area contributed by atoms with E-state index in [1.54, 1.807) is 7.05 Å². The van der Waals surface area contributed by atoms with Crippen LogP contribution in [0.4, 0.5) is 0 Å². The number of benzene rings is 1. The molecule has 2 atom stereocenters. The van der Waals surface area contributed by atoms with Crippen molar-refractivity contribution in [1.82, 2.24) is 10.6 Å². The van der Waals surface area contributed by atoms with E-state index >= 15 is 0 Å². The van der Waals surface area contributed by atoms with Crippen molar-refractivity contribution in [3.8, 4) is 0 Å². The Bertz CT molecular complexity index is 337. The Morgan fingerprint density at radius 2 is 2.07 bits per heavy atom. The molecule has 2 unspecified atom stereocenters. The van der Waals surface area contributed by atoms with E-state index in [4.69, 9.17) is 0 Å². The lowest BCUT2D eigenvalue weighted by atomic mass is 10.1. The van der Waals surface area contributed by atoms with Gasteiger partial charge in [0.15, 0.2) is 0 Å². The summed E-state index contributed by atoms with van der Waals surface area (Å²) in [6.07, 6.45) is 1.95. The van der Waals surface area contributed by atoms with Crippen molar-refractivity contribution < 1.29 is 4.79 Å². The number of amides is 1. The molecule has 0 aliphatic carbocycles. The minimum atomic E-state index is -0.0276. The monoisotopic (exact) mass is 204 g/mol. The summed E-state index contributed by atoms with van der Waals surface area (Å²) >= 11 is 0. The molecule has 1 aromatic carbocycles. The van der Waals surface area contributed by atoms with Gasteiger partial charge >= 0.3 is 0 Å². The molecule has 2 rings (SSSR count). The molecule has 1 heterocycles. The van der Waals surface area contributed by atoms with E-state index in [1.807, 2.05) is 18.2 Å². The van der Waals surface area contributed by atoms with Crippen LogP contribution in [0.5, 0.6) is 0 Å². The number of likely N-dealkylation sites (N-methyl/N-ethyl adjacent to an activating group) is 1. The van der Waals surface area contributed by atoms with E-state index in [1.165, 1.54) is 5.56 Å². The van der Waals surface area contributed by atoms with E-state index in [2.05, 4.69) is 22.8 Å². The van der Waals surface area contributed by atoms with Crippen LogP contribution in [0.1, 0.15) is 24.4 Å². The summed E-state index contributed by atoms with van der Waals surface area (Å²) in [5.74, 6) is 0.0911. The quantitative estimate of drug-likeness (QED) is 0.760. The SMILES string of the molecule is CNC(=O)C1CCC(c2ccccc2)N1. The summed E-state index contributed by atoms with van der Waals surface area (Å²) in [4.78, 5) is 11.4. The average Bonchev–Trinajstić information content (AvgIpc) is 2.78. The Hall–Kier alpha value is -1.35. The van der Waals surface area contributed by atoms with Gasteiger partial charge in [0.1, 0.15) is 0 Å². The molecule has 3 nitrogen and oxygen atoms in total. The molecule has 1 fully saturated rings. The summed E-state index contributed by atoms with van der Waals surface area (Å²) in [6.45, 7) is 0. The molecule has 0 spiro atoms. The van der Waals surface area contributed by atoms with Crippen molar-refractivity contribution >= 4 is 5.91 Å². The second-order valence-corrected chi connectivity index (χ2v) is 3.87. The van der Waals surface area contributed by atoms with Crippen LogP contribution in [0.3, 0.4) is 0 Å². The Morgan fingerprint density at radius 3 is 2.73 bits per heavy atom. The molecule has 3 heteroatoms. The van der Waals surface area contributed by atoms with Crippen molar-refractivity contribution in [2.75, 3.05) is 7.05 Å². The van der Waals surface area contributed by atoms with Gasteiger partial charge in [-0.05, 0) is 18.4 Å². The minimum Gasteiger partial charge on any atom is -0.358 e. The van der Waals surface area contributed by atoms with Gasteiger partial charge in [-0.2, -0.15) is 0 Å². The van der Waals surface area contributed by atoms with Gasteiger partial charge in [0, 0.05) is 13.1 Å². The molecule has 1 amide bonds. The molecular formula is C12H16N2O. The van der Waals surface area contributed by atoms with Gasteiger partial charge in [0.25, 0.3) is 0 Å². The maximum atomic E-state index is 11.4. The summed E-state index contributed by atoms with van der Waals surface area (Å²) < 4.78 is 0. The largest absolute Gasteiger partial charge is 0.358 e. The zero-order valence-corrected chi connectivity index (χ0v) is 8.86. The van der Waals surface area contributed by atoms with Gasteiger partial charge in [-0.1, -0.05) is 30.3 Å². The fourth-order valence-electron chi connectivity index (χ4n) is 2.07. The fraction of sp³-hybridized carbons (Fsp3) is 0.417. The molecule has 1 aromatic rings. The third kappa shape index (κ3) is 2.18. The molecule has 15 heavy (non-hydrogen) atoms. The number of carbonyl (C=O) groups is 1. The number of rotatable bonds is 2. The first-order valence-corrected chi connectivity index (χ1v) is 5.34. The van der Waals surface area contributed by atoms with Gasteiger partial charge in [0.2, 0.25) is 5.91 Å². The Balaban J connectivity index is 2.02. The van der Waals surface area contributed by atoms with E-state index in [0.717, 1.165) is 12.8 Å². The van der Waals surface area contributed by atoms with Gasteiger partial charge in [-0.15, -0.1) is 0 Å². The zero-order chi connectivity index (χ0) is 10.7. The Kier molecular flexibility index (Phi) is 3.02. The maximum absolute atomic E-state index is 11.4. The summed E-state index contributed by atoms with van der Waals surface area (Å²) in [6, 6.07) is 10.6. The van der Waals surface area contributed by atoms with Crippen LogP contribution in [-0.4, -0.2) is 19.0 Å². The highest BCUT2D eigenvalue weighted by Crippen LogP contribution is 2.26. The lowest BCUT2D eigenvalue weighted by molar-refractivity contribution is -0.122. The van der Waals surface area contributed by atoms with E-state index in [9.17, 15) is 4.79 Å². The van der Waals surface area contributed by atoms with Gasteiger partial charge in [-0.3, -0.25) is 10.1 Å². The molecule has 0 radical (unpaired) electrons. The van der Waals surface area contributed by atoms with Crippen LogP contribution in [0, 0.1) is 0 Å². The summed E-state index contributed by atoms with van der Waals surface area (Å²) in [7, 11) is 1.68. The molecule has 1 aliphatic heterocycles. The zero-order valence-electron chi connectivity index (χ0n) is 8.86. The third-order valence-corrected chi connectivity index (χ3v) is 2.91. The predicted octanol–water partition coefficient (Wildman–Crippen LogP) is 1.23. The Labute approximate surface area is 89.9 Å². The number of hydrogen-bond donors (Lipinski definition) is 2. The minimum absolute atomic E-state index is 0.0276. The van der Waals surface area contributed by atoms with Gasteiger partial charge < -0.3 is 5.32 Å². The van der Waals surface area contributed by atoms with Crippen molar-refractivity contribution in [2.24, 2.45) is 0 Å². The van der Waals surface area contributed by atoms with Crippen LogP contribution in [0.15, 0.2) is 30.3 Å². The highest BCUT2D eigenvalue weighted by Gasteiger charge is 2.28. The first-order chi connectivity index (χ1) is 7.31. The van der Waals surface area contributed by atoms with Crippen LogP contribution >= 0.6 is 0 Å². The predicted molar refractivity (Wildman–Crippen MR) is 59.4 cm³/mol. The molecule has 0 saturated carbocycles. The van der Waals surface area contributed by atoms with Crippen LogP contribution in [-0.2, 0) is 4.79 Å². The molecule has 0 aromatic heterocycles. The second-order valence-electron chi connectivity index (χ2n) is 3.87. The average molecular weight is 204 g/mol. The lowest BCUT2D eigenvalue weighted by Crippen LogP contribution is -2.39. The number of carbonyl (C=O) groups excluding carboxylic acids is 1. The van der Waals surface area contributed by atoms with E-state index < -0.39 is 0 Å². The highest BCUT2D eigenvalue weighted by atomic mass is 16.2. The van der Waals surface area contributed by atoms with Crippen molar-refractivity contribution in [3.05, 3.63) is 35.9 Å². The van der Waals surface area contributed by atoms with Gasteiger partial charge in [0.05, 0.1) is 6.04 Å². The maximum Gasteiger partial charge on any atom is 0.236 e. The number of nitrogens with one attached hydrogen (secondary N) is 2. The third-order valence-electron chi connectivity index (χ3n) is 2.91. The molecule has 1 aliphatic rings. The topological polar surface area (TPSA) is 41.1 Å². The first kappa shape index (κ1) is 10.2. The number of hydrogen-bond acceptors (Lipinski definition) is 2. The molecular weight excluding hydrogens is 188 g/mol. The molecule has 2 N–H and O–H groups in total. The summed E-state index contributed by atoms with van der Waals surface area (Å²) in [5.41, 5.74) is 1.27. The standard InChI is InChI=1S/C12H16N2O/c1-13-12(15)11-8-7-10(14-11)9-5-3-2-4-6-9/h2-6,10-11,14H,7-8H2,1H3,(H,13,15). The van der Waals surface area contributed by atoms with Crippen LogP contribution in [0.2, 0.25) is 0 Å². The normalized spacial score (nSPS) is 25.1. The van der Waals surface area contributed by atoms with Crippen molar-refractivity contribution in [3.63, 3.8) is 0 Å². The Morgan fingerprint density at radius 1 is 1.33 bits per heavy atom. The molecule has 0 bridgehead atoms. The lowest BCUT2D eigenvalue weighted by Gasteiger charge is -2.13. The highest BCUT2D eigenvalue weighted by molar-refractivity contribution is 5.81. The second kappa shape index (κ2) is 4.45. The first-order valence-electron chi connectivity index (χ1n) is 5.34. The molecule has 1 saturated heterocycles.